The number of pyridine rings is 1. The van der Waals surface area contributed by atoms with Gasteiger partial charge in [-0.15, -0.1) is 0 Å². The quantitative estimate of drug-likeness (QED) is 0.148. The molecule has 0 saturated heterocycles. The van der Waals surface area contributed by atoms with Crippen molar-refractivity contribution in [3.8, 4) is 11.3 Å². The zero-order valence-electron chi connectivity index (χ0n) is 17.6. The smallest absolute Gasteiger partial charge is 0.227 e. The molecule has 5 rings (SSSR count). The van der Waals surface area contributed by atoms with Crippen LogP contribution >= 0.6 is 11.6 Å². The number of fused-ring (bicyclic) bond motifs is 3. The minimum atomic E-state index is -0.358. The van der Waals surface area contributed by atoms with Crippen molar-refractivity contribution >= 4 is 50.8 Å². The lowest BCUT2D eigenvalue weighted by Gasteiger charge is -2.12. The molecule has 0 radical (unpaired) electrons. The van der Waals surface area contributed by atoms with E-state index in [0.717, 1.165) is 22.3 Å². The summed E-state index contributed by atoms with van der Waals surface area (Å²) in [5.74, 6) is 5.40. The van der Waals surface area contributed by atoms with Crippen LogP contribution in [0.25, 0.3) is 33.1 Å². The minimum Gasteiger partial charge on any atom is -0.324 e. The van der Waals surface area contributed by atoms with Gasteiger partial charge in [0.15, 0.2) is 0 Å². The predicted octanol–water partition coefficient (Wildman–Crippen LogP) is 6.06. The Hall–Kier alpha value is -4.10. The first-order valence-corrected chi connectivity index (χ1v) is 10.5. The van der Waals surface area contributed by atoms with Gasteiger partial charge in [0, 0.05) is 27.0 Å². The number of hydrogen-bond acceptors (Lipinski definition) is 6. The van der Waals surface area contributed by atoms with E-state index in [1.54, 1.807) is 36.5 Å². The Labute approximate surface area is 194 Å². The molecular formula is C25H18ClFN6. The van der Waals surface area contributed by atoms with Crippen LogP contribution in [0.5, 0.6) is 0 Å². The van der Waals surface area contributed by atoms with Gasteiger partial charge in [-0.05, 0) is 48.9 Å². The van der Waals surface area contributed by atoms with Crippen LogP contribution in [0.3, 0.4) is 0 Å². The van der Waals surface area contributed by atoms with Crippen molar-refractivity contribution in [1.29, 1.82) is 0 Å². The Kier molecular flexibility index (Phi) is 5.32. The second-order valence-electron chi connectivity index (χ2n) is 7.47. The molecule has 0 bridgehead atoms. The van der Waals surface area contributed by atoms with Crippen molar-refractivity contribution in [2.75, 3.05) is 5.32 Å². The third-order valence-corrected chi connectivity index (χ3v) is 5.61. The molecule has 0 aliphatic rings. The van der Waals surface area contributed by atoms with Gasteiger partial charge in [-0.1, -0.05) is 41.9 Å². The number of nitrogens with zero attached hydrogens (tertiary/aromatic N) is 4. The van der Waals surface area contributed by atoms with Crippen molar-refractivity contribution in [3.05, 3.63) is 89.3 Å². The molecule has 5 aromatic rings. The van der Waals surface area contributed by atoms with Gasteiger partial charge in [0.1, 0.15) is 16.9 Å². The number of hydrazone groups is 1. The lowest BCUT2D eigenvalue weighted by atomic mass is 10.0. The van der Waals surface area contributed by atoms with E-state index >= 15 is 0 Å². The maximum absolute atomic E-state index is 14.6. The average Bonchev–Trinajstić information content (AvgIpc) is 2.84. The fourth-order valence-corrected chi connectivity index (χ4v) is 3.84. The molecule has 0 aliphatic carbocycles. The fourth-order valence-electron chi connectivity index (χ4n) is 3.67. The predicted molar refractivity (Wildman–Crippen MR) is 131 cm³/mol. The van der Waals surface area contributed by atoms with E-state index in [-0.39, 0.29) is 5.82 Å². The Morgan fingerprint density at radius 2 is 1.79 bits per heavy atom. The highest BCUT2D eigenvalue weighted by Crippen LogP contribution is 2.34. The SMILES string of the molecule is C/C(=N\N)c1ccc(Nc2ncc3nc(-c4ccccc4F)c4cc(Cl)ccc4c3n2)cc1. The second kappa shape index (κ2) is 8.44. The summed E-state index contributed by atoms with van der Waals surface area (Å²) in [6.45, 7) is 1.84. The van der Waals surface area contributed by atoms with Crippen molar-refractivity contribution in [2.24, 2.45) is 10.9 Å². The van der Waals surface area contributed by atoms with Crippen molar-refractivity contribution < 1.29 is 4.39 Å². The fraction of sp³-hybridized carbons (Fsp3) is 0.0400. The van der Waals surface area contributed by atoms with Gasteiger partial charge in [-0.2, -0.15) is 5.10 Å². The molecule has 2 aromatic heterocycles. The number of hydrogen-bond donors (Lipinski definition) is 2. The molecule has 3 N–H and O–H groups in total. The Bertz CT molecular complexity index is 1530. The number of nitrogens with one attached hydrogen (secondary N) is 1. The lowest BCUT2D eigenvalue weighted by Crippen LogP contribution is -2.01. The van der Waals surface area contributed by atoms with E-state index in [2.05, 4.69) is 20.4 Å². The number of anilines is 2. The molecule has 8 heteroatoms. The maximum Gasteiger partial charge on any atom is 0.227 e. The molecule has 162 valence electrons. The zero-order valence-corrected chi connectivity index (χ0v) is 18.3. The van der Waals surface area contributed by atoms with Gasteiger partial charge < -0.3 is 11.2 Å². The van der Waals surface area contributed by atoms with E-state index in [0.29, 0.717) is 38.6 Å². The van der Waals surface area contributed by atoms with Crippen LogP contribution in [-0.2, 0) is 0 Å². The van der Waals surface area contributed by atoms with E-state index in [1.807, 2.05) is 37.3 Å². The first-order chi connectivity index (χ1) is 16.0. The Morgan fingerprint density at radius 3 is 2.55 bits per heavy atom. The topological polar surface area (TPSA) is 89.1 Å². The molecule has 0 fully saturated rings. The standard InChI is InChI=1S/C25H18ClFN6/c1-14(33-28)15-6-9-17(10-7-15)30-25-29-13-22-24(32-25)18-11-8-16(26)12-20(18)23(31-22)19-4-2-3-5-21(19)27/h2-13H,28H2,1H3,(H,29,30,32)/b33-14+. The van der Waals surface area contributed by atoms with Gasteiger partial charge in [0.2, 0.25) is 5.95 Å². The highest BCUT2D eigenvalue weighted by molar-refractivity contribution is 6.31. The molecule has 2 heterocycles. The molecule has 0 aliphatic heterocycles. The highest BCUT2D eigenvalue weighted by atomic mass is 35.5. The number of nitrogens with two attached hydrogens (primary N) is 1. The molecule has 0 amide bonds. The van der Waals surface area contributed by atoms with Gasteiger partial charge in [0.05, 0.1) is 17.6 Å². The van der Waals surface area contributed by atoms with Crippen molar-refractivity contribution in [1.82, 2.24) is 15.0 Å². The van der Waals surface area contributed by atoms with Gasteiger partial charge in [-0.3, -0.25) is 0 Å². The lowest BCUT2D eigenvalue weighted by molar-refractivity contribution is 0.631. The number of rotatable bonds is 4. The van der Waals surface area contributed by atoms with Crippen LogP contribution in [0.15, 0.2) is 78.0 Å². The second-order valence-corrected chi connectivity index (χ2v) is 7.91. The van der Waals surface area contributed by atoms with Crippen molar-refractivity contribution in [2.45, 2.75) is 6.92 Å². The number of aromatic nitrogens is 3. The molecule has 3 aromatic carbocycles. The zero-order chi connectivity index (χ0) is 22.9. The summed E-state index contributed by atoms with van der Waals surface area (Å²) >= 11 is 6.27. The molecular weight excluding hydrogens is 439 g/mol. The minimum absolute atomic E-state index is 0.358. The third kappa shape index (κ3) is 3.94. The van der Waals surface area contributed by atoms with Crippen molar-refractivity contribution in [3.63, 3.8) is 0 Å². The summed E-state index contributed by atoms with van der Waals surface area (Å²) in [5, 5.41) is 8.96. The summed E-state index contributed by atoms with van der Waals surface area (Å²) in [4.78, 5) is 13.8. The molecule has 0 unspecified atom stereocenters. The molecule has 0 atom stereocenters. The summed E-state index contributed by atoms with van der Waals surface area (Å²) in [6.07, 6.45) is 1.63. The van der Waals surface area contributed by atoms with Crippen LogP contribution in [0.1, 0.15) is 12.5 Å². The van der Waals surface area contributed by atoms with Crippen LogP contribution < -0.4 is 11.2 Å². The van der Waals surface area contributed by atoms with E-state index in [9.17, 15) is 4.39 Å². The molecule has 6 nitrogen and oxygen atoms in total. The van der Waals surface area contributed by atoms with E-state index in [1.165, 1.54) is 6.07 Å². The maximum atomic E-state index is 14.6. The van der Waals surface area contributed by atoms with Crippen LogP contribution in [-0.4, -0.2) is 20.7 Å². The van der Waals surface area contributed by atoms with Crippen LogP contribution in [0.4, 0.5) is 16.0 Å². The first-order valence-electron chi connectivity index (χ1n) is 10.2. The third-order valence-electron chi connectivity index (χ3n) is 5.37. The largest absolute Gasteiger partial charge is 0.324 e. The number of benzene rings is 3. The summed E-state index contributed by atoms with van der Waals surface area (Å²) in [6, 6.07) is 19.6. The highest BCUT2D eigenvalue weighted by Gasteiger charge is 2.15. The number of halogens is 2. The Morgan fingerprint density at radius 1 is 1.00 bits per heavy atom. The van der Waals surface area contributed by atoms with Gasteiger partial charge >= 0.3 is 0 Å². The summed E-state index contributed by atoms with van der Waals surface area (Å²) in [7, 11) is 0. The van der Waals surface area contributed by atoms with Crippen LogP contribution in [0, 0.1) is 5.82 Å². The van der Waals surface area contributed by atoms with E-state index in [4.69, 9.17) is 22.4 Å². The average molecular weight is 457 g/mol. The summed E-state index contributed by atoms with van der Waals surface area (Å²) < 4.78 is 14.6. The van der Waals surface area contributed by atoms with E-state index < -0.39 is 0 Å². The molecule has 0 spiro atoms. The van der Waals surface area contributed by atoms with Gasteiger partial charge in [0.25, 0.3) is 0 Å². The Balaban J connectivity index is 1.62. The summed E-state index contributed by atoms with van der Waals surface area (Å²) in [5.41, 5.74) is 4.56. The monoisotopic (exact) mass is 456 g/mol. The van der Waals surface area contributed by atoms with Crippen LogP contribution in [0.2, 0.25) is 5.02 Å². The molecule has 33 heavy (non-hydrogen) atoms. The normalized spacial score (nSPS) is 11.8. The first kappa shape index (κ1) is 20.8. The van der Waals surface area contributed by atoms with Gasteiger partial charge in [-0.25, -0.2) is 19.3 Å². The molecule has 0 saturated carbocycles.